The summed E-state index contributed by atoms with van der Waals surface area (Å²) in [4.78, 5) is 27.3. The van der Waals surface area contributed by atoms with Crippen molar-refractivity contribution in [1.29, 1.82) is 0 Å². The molecule has 104 valence electrons. The number of anilines is 2. The Hall–Kier alpha value is -2.21. The molecule has 0 aliphatic rings. The Morgan fingerprint density at radius 1 is 1.15 bits per heavy atom. The van der Waals surface area contributed by atoms with Crippen molar-refractivity contribution in [2.75, 3.05) is 10.6 Å². The summed E-state index contributed by atoms with van der Waals surface area (Å²) in [5, 5.41) is 7.76. The Bertz CT molecular complexity index is 596. The van der Waals surface area contributed by atoms with Gasteiger partial charge in [-0.3, -0.25) is 9.59 Å². The smallest absolute Gasteiger partial charge is 0.226 e. The number of para-hydroxylation sites is 1. The van der Waals surface area contributed by atoms with E-state index in [0.29, 0.717) is 5.13 Å². The third kappa shape index (κ3) is 4.17. The maximum Gasteiger partial charge on any atom is 0.226 e. The SMILES string of the molecule is Cc1ccccc1NC(=O)CCC(=O)Nc1nccs1. The fraction of sp³-hybridized carbons (Fsp3) is 0.214. The lowest BCUT2D eigenvalue weighted by atomic mass is 10.2. The van der Waals surface area contributed by atoms with E-state index >= 15 is 0 Å². The van der Waals surface area contributed by atoms with Crippen molar-refractivity contribution < 1.29 is 9.59 Å². The number of hydrogen-bond acceptors (Lipinski definition) is 4. The van der Waals surface area contributed by atoms with E-state index in [1.165, 1.54) is 11.3 Å². The van der Waals surface area contributed by atoms with Gasteiger partial charge >= 0.3 is 0 Å². The second-order valence-corrected chi connectivity index (χ2v) is 5.14. The summed E-state index contributed by atoms with van der Waals surface area (Å²) in [5.41, 5.74) is 1.77. The van der Waals surface area contributed by atoms with Crippen molar-refractivity contribution in [3.8, 4) is 0 Å². The number of carbonyl (C=O) groups excluding carboxylic acids is 2. The molecule has 0 saturated carbocycles. The molecule has 2 N–H and O–H groups in total. The van der Waals surface area contributed by atoms with Gasteiger partial charge in [-0.1, -0.05) is 18.2 Å². The molecule has 1 aromatic heterocycles. The van der Waals surface area contributed by atoms with E-state index in [4.69, 9.17) is 0 Å². The molecular weight excluding hydrogens is 274 g/mol. The number of aryl methyl sites for hydroxylation is 1. The summed E-state index contributed by atoms with van der Waals surface area (Å²) >= 11 is 1.35. The molecule has 0 bridgehead atoms. The minimum atomic E-state index is -0.208. The van der Waals surface area contributed by atoms with Gasteiger partial charge in [0.25, 0.3) is 0 Å². The van der Waals surface area contributed by atoms with Gasteiger partial charge in [-0.05, 0) is 18.6 Å². The molecule has 0 aliphatic carbocycles. The lowest BCUT2D eigenvalue weighted by molar-refractivity contribution is -0.121. The van der Waals surface area contributed by atoms with Crippen LogP contribution >= 0.6 is 11.3 Å². The van der Waals surface area contributed by atoms with E-state index in [-0.39, 0.29) is 24.7 Å². The van der Waals surface area contributed by atoms with E-state index in [1.807, 2.05) is 31.2 Å². The largest absolute Gasteiger partial charge is 0.326 e. The number of aromatic nitrogens is 1. The normalized spacial score (nSPS) is 10.1. The Labute approximate surface area is 121 Å². The van der Waals surface area contributed by atoms with Crippen LogP contribution in [-0.2, 0) is 9.59 Å². The van der Waals surface area contributed by atoms with Gasteiger partial charge in [0.15, 0.2) is 5.13 Å². The van der Waals surface area contributed by atoms with Crippen LogP contribution in [0.4, 0.5) is 10.8 Å². The quantitative estimate of drug-likeness (QED) is 0.889. The van der Waals surface area contributed by atoms with Gasteiger partial charge in [0.2, 0.25) is 11.8 Å². The number of rotatable bonds is 5. The predicted octanol–water partition coefficient (Wildman–Crippen LogP) is 2.81. The first-order valence-electron chi connectivity index (χ1n) is 6.20. The molecule has 20 heavy (non-hydrogen) atoms. The fourth-order valence-electron chi connectivity index (χ4n) is 1.62. The van der Waals surface area contributed by atoms with Crippen LogP contribution in [0.5, 0.6) is 0 Å². The molecule has 0 saturated heterocycles. The minimum Gasteiger partial charge on any atom is -0.326 e. The zero-order valence-corrected chi connectivity index (χ0v) is 11.9. The number of hydrogen-bond donors (Lipinski definition) is 2. The average molecular weight is 289 g/mol. The molecule has 0 aliphatic heterocycles. The Balaban J connectivity index is 1.78. The van der Waals surface area contributed by atoms with E-state index in [2.05, 4.69) is 15.6 Å². The van der Waals surface area contributed by atoms with Gasteiger partial charge in [0.1, 0.15) is 0 Å². The molecule has 5 nitrogen and oxygen atoms in total. The highest BCUT2D eigenvalue weighted by Gasteiger charge is 2.09. The Kier molecular flexibility index (Phi) is 4.84. The van der Waals surface area contributed by atoms with Gasteiger partial charge in [-0.2, -0.15) is 0 Å². The highest BCUT2D eigenvalue weighted by atomic mass is 32.1. The zero-order valence-electron chi connectivity index (χ0n) is 11.1. The van der Waals surface area contributed by atoms with E-state index < -0.39 is 0 Å². The van der Waals surface area contributed by atoms with Crippen LogP contribution in [0.1, 0.15) is 18.4 Å². The second-order valence-electron chi connectivity index (χ2n) is 4.25. The minimum absolute atomic E-state index is 0.136. The molecule has 6 heteroatoms. The molecule has 0 fully saturated rings. The maximum atomic E-state index is 11.8. The summed E-state index contributed by atoms with van der Waals surface area (Å²) < 4.78 is 0. The lowest BCUT2D eigenvalue weighted by Crippen LogP contribution is -2.17. The molecule has 0 atom stereocenters. The Morgan fingerprint density at radius 2 is 1.85 bits per heavy atom. The highest BCUT2D eigenvalue weighted by Crippen LogP contribution is 2.14. The number of amides is 2. The third-order valence-electron chi connectivity index (χ3n) is 2.68. The molecule has 2 amide bonds. The first-order valence-corrected chi connectivity index (χ1v) is 7.08. The number of benzene rings is 1. The van der Waals surface area contributed by atoms with Crippen molar-refractivity contribution in [2.24, 2.45) is 0 Å². The van der Waals surface area contributed by atoms with Gasteiger partial charge in [0.05, 0.1) is 0 Å². The number of thiazole rings is 1. The summed E-state index contributed by atoms with van der Waals surface area (Å²) in [6.45, 7) is 1.92. The van der Waals surface area contributed by atoms with Crippen LogP contribution in [0.2, 0.25) is 0 Å². The van der Waals surface area contributed by atoms with Crippen molar-refractivity contribution in [3.63, 3.8) is 0 Å². The maximum absolute atomic E-state index is 11.8. The van der Waals surface area contributed by atoms with Gasteiger partial charge in [-0.25, -0.2) is 4.98 Å². The van der Waals surface area contributed by atoms with Crippen LogP contribution in [-0.4, -0.2) is 16.8 Å². The van der Waals surface area contributed by atoms with E-state index in [0.717, 1.165) is 11.3 Å². The summed E-state index contributed by atoms with van der Waals surface area (Å²) in [5.74, 6) is -0.381. The first-order chi connectivity index (χ1) is 9.65. The second kappa shape index (κ2) is 6.81. The Morgan fingerprint density at radius 3 is 2.50 bits per heavy atom. The summed E-state index contributed by atoms with van der Waals surface area (Å²) in [7, 11) is 0. The average Bonchev–Trinajstić information content (AvgIpc) is 2.92. The molecule has 0 spiro atoms. The van der Waals surface area contributed by atoms with Crippen LogP contribution in [0.3, 0.4) is 0 Å². The lowest BCUT2D eigenvalue weighted by Gasteiger charge is -2.07. The van der Waals surface area contributed by atoms with E-state index in [9.17, 15) is 9.59 Å². The summed E-state index contributed by atoms with van der Waals surface area (Å²) in [6.07, 6.45) is 1.90. The van der Waals surface area contributed by atoms with Gasteiger partial charge in [-0.15, -0.1) is 11.3 Å². The van der Waals surface area contributed by atoms with Crippen molar-refractivity contribution in [3.05, 3.63) is 41.4 Å². The standard InChI is InChI=1S/C14H15N3O2S/c1-10-4-2-3-5-11(10)16-12(18)6-7-13(19)17-14-15-8-9-20-14/h2-5,8-9H,6-7H2,1H3,(H,16,18)(H,15,17,19). The fourth-order valence-corrected chi connectivity index (χ4v) is 2.16. The molecule has 0 unspecified atom stereocenters. The van der Waals surface area contributed by atoms with Crippen molar-refractivity contribution >= 4 is 34.0 Å². The zero-order chi connectivity index (χ0) is 14.4. The first kappa shape index (κ1) is 14.2. The molecule has 2 rings (SSSR count). The third-order valence-corrected chi connectivity index (χ3v) is 3.37. The van der Waals surface area contributed by atoms with Crippen LogP contribution < -0.4 is 10.6 Å². The molecule has 1 aromatic carbocycles. The molecule has 2 aromatic rings. The number of nitrogens with one attached hydrogen (secondary N) is 2. The molecule has 1 heterocycles. The van der Waals surface area contributed by atoms with Gasteiger partial charge < -0.3 is 10.6 Å². The predicted molar refractivity (Wildman–Crippen MR) is 79.8 cm³/mol. The van der Waals surface area contributed by atoms with Crippen LogP contribution in [0.25, 0.3) is 0 Å². The highest BCUT2D eigenvalue weighted by molar-refractivity contribution is 7.13. The van der Waals surface area contributed by atoms with Crippen LogP contribution in [0, 0.1) is 6.92 Å². The monoisotopic (exact) mass is 289 g/mol. The number of carbonyl (C=O) groups is 2. The summed E-state index contributed by atoms with van der Waals surface area (Å²) in [6, 6.07) is 7.53. The topological polar surface area (TPSA) is 71.1 Å². The van der Waals surface area contributed by atoms with Gasteiger partial charge in [0, 0.05) is 30.1 Å². The van der Waals surface area contributed by atoms with Crippen molar-refractivity contribution in [2.45, 2.75) is 19.8 Å². The van der Waals surface area contributed by atoms with Crippen LogP contribution in [0.15, 0.2) is 35.8 Å². The molecule has 0 radical (unpaired) electrons. The van der Waals surface area contributed by atoms with E-state index in [1.54, 1.807) is 11.6 Å². The number of nitrogens with zero attached hydrogens (tertiary/aromatic N) is 1. The van der Waals surface area contributed by atoms with Crippen molar-refractivity contribution in [1.82, 2.24) is 4.98 Å². The molecular formula is C14H15N3O2S.